The normalized spacial score (nSPS) is 25.0. The molecule has 10 heteroatoms. The third-order valence-corrected chi connectivity index (χ3v) is 13.6. The van der Waals surface area contributed by atoms with E-state index in [4.69, 9.17) is 11.1 Å². The van der Waals surface area contributed by atoms with Gasteiger partial charge in [0, 0.05) is 58.4 Å². The van der Waals surface area contributed by atoms with Crippen molar-refractivity contribution in [1.82, 2.24) is 9.88 Å². The van der Waals surface area contributed by atoms with Gasteiger partial charge in [0.15, 0.2) is 0 Å². The van der Waals surface area contributed by atoms with Crippen molar-refractivity contribution >= 4 is 44.4 Å². The van der Waals surface area contributed by atoms with Crippen LogP contribution in [0.4, 0.5) is 10.5 Å². The number of urea groups is 1. The number of nitrogens with one attached hydrogen (secondary N) is 2. The van der Waals surface area contributed by atoms with Gasteiger partial charge < -0.3 is 25.8 Å². The zero-order valence-electron chi connectivity index (χ0n) is 22.9. The Balaban J connectivity index is 1.07. The summed E-state index contributed by atoms with van der Waals surface area (Å²) >= 11 is 0. The number of unbranched alkanes of at least 4 members (excludes halogenated alkanes) is 1. The van der Waals surface area contributed by atoms with Crippen molar-refractivity contribution in [1.29, 1.82) is 5.41 Å². The lowest BCUT2D eigenvalue weighted by molar-refractivity contribution is -0.121. The molecule has 3 aliphatic rings. The topological polar surface area (TPSA) is 145 Å². The van der Waals surface area contributed by atoms with Crippen LogP contribution in [-0.2, 0) is 11.3 Å². The number of amides is 3. The molecule has 6 N–H and O–H groups in total. The van der Waals surface area contributed by atoms with Gasteiger partial charge in [0.25, 0.3) is 0 Å². The van der Waals surface area contributed by atoms with E-state index in [-0.39, 0.29) is 44.8 Å². The molecule has 6 rings (SSSR count). The number of anilines is 1. The third kappa shape index (κ3) is 4.48. The number of benzene rings is 2. The number of phenolic OH excluding ortho intramolecular Hbond substituents is 2. The lowest BCUT2D eigenvalue weighted by atomic mass is 9.98. The summed E-state index contributed by atoms with van der Waals surface area (Å²) < 4.78 is 2.04. The Bertz CT molecular complexity index is 1530. The molecular weight excluding hydrogens is 526 g/mol. The van der Waals surface area contributed by atoms with Gasteiger partial charge in [-0.25, -0.2) is 19.7 Å². The van der Waals surface area contributed by atoms with Gasteiger partial charge in [0.05, 0.1) is 11.3 Å². The van der Waals surface area contributed by atoms with Crippen LogP contribution in [0.1, 0.15) is 56.6 Å². The fraction of sp³-hybridized carbons (Fsp3) is 0.433. The molecule has 4 heterocycles. The zero-order valence-corrected chi connectivity index (χ0v) is 23.7. The molecular formula is C30H37N5O4S. The van der Waals surface area contributed by atoms with Crippen molar-refractivity contribution in [3.8, 4) is 11.5 Å². The van der Waals surface area contributed by atoms with Gasteiger partial charge in [-0.2, -0.15) is 0 Å². The van der Waals surface area contributed by atoms with Crippen molar-refractivity contribution < 1.29 is 19.8 Å². The zero-order chi connectivity index (χ0) is 28.3. The van der Waals surface area contributed by atoms with Gasteiger partial charge in [-0.05, 0) is 60.4 Å². The summed E-state index contributed by atoms with van der Waals surface area (Å²) in [5.74, 6) is 0.927. The maximum Gasteiger partial charge on any atom is 0.325 e. The minimum atomic E-state index is -0.864. The number of aromatic nitrogens is 1. The second-order valence-corrected chi connectivity index (χ2v) is 15.5. The van der Waals surface area contributed by atoms with Crippen molar-refractivity contribution in [2.75, 3.05) is 17.2 Å². The predicted octanol–water partition coefficient (Wildman–Crippen LogP) is 4.71. The molecule has 0 bridgehead atoms. The van der Waals surface area contributed by atoms with Gasteiger partial charge in [0.1, 0.15) is 17.3 Å². The highest BCUT2D eigenvalue weighted by Crippen LogP contribution is 3.09. The molecule has 2 aromatic carbocycles. The Morgan fingerprint density at radius 1 is 1.18 bits per heavy atom. The fourth-order valence-electron chi connectivity index (χ4n) is 6.41. The quantitative estimate of drug-likeness (QED) is 0.0995. The molecule has 0 saturated carbocycles. The molecule has 0 aliphatic carbocycles. The first-order valence-corrected chi connectivity index (χ1v) is 16.0. The molecule has 1 aromatic heterocycles. The second kappa shape index (κ2) is 9.76. The first-order chi connectivity index (χ1) is 19.1. The fourth-order valence-corrected chi connectivity index (χ4v) is 11.7. The lowest BCUT2D eigenvalue weighted by Crippen LogP contribution is -2.41. The molecule has 3 aliphatic heterocycles. The number of carbonyl (C=O) groups is 2. The highest BCUT2D eigenvalue weighted by Gasteiger charge is 2.93. The van der Waals surface area contributed by atoms with Crippen LogP contribution in [0, 0.1) is 5.41 Å². The number of primary amides is 1. The van der Waals surface area contributed by atoms with Crippen LogP contribution in [0.25, 0.3) is 10.9 Å². The molecule has 3 saturated heterocycles. The van der Waals surface area contributed by atoms with E-state index in [0.29, 0.717) is 30.8 Å². The van der Waals surface area contributed by atoms with Crippen LogP contribution < -0.4 is 16.0 Å². The average molecular weight is 564 g/mol. The number of rotatable bonds is 11. The van der Waals surface area contributed by atoms with E-state index in [1.807, 2.05) is 36.7 Å². The Morgan fingerprint density at radius 3 is 2.62 bits per heavy atom. The lowest BCUT2D eigenvalue weighted by Gasteiger charge is -2.23. The number of hydrogen-bond acceptors (Lipinski definition) is 5. The number of nitrogens with two attached hydrogens (primary N) is 1. The van der Waals surface area contributed by atoms with E-state index in [9.17, 15) is 19.8 Å². The van der Waals surface area contributed by atoms with E-state index in [2.05, 4.69) is 5.32 Å². The number of phenols is 2. The Morgan fingerprint density at radius 2 is 1.95 bits per heavy atom. The highest BCUT2D eigenvalue weighted by molar-refractivity contribution is 8.54. The van der Waals surface area contributed by atoms with Crippen molar-refractivity contribution in [3.05, 3.63) is 53.7 Å². The summed E-state index contributed by atoms with van der Waals surface area (Å²) in [5.41, 5.74) is 7.63. The number of fused-ring (bicyclic) bond motifs is 2. The van der Waals surface area contributed by atoms with Crippen LogP contribution in [0.15, 0.2) is 42.6 Å². The van der Waals surface area contributed by atoms with Gasteiger partial charge in [-0.3, -0.25) is 10.2 Å². The van der Waals surface area contributed by atoms with Crippen molar-refractivity contribution in [2.24, 2.45) is 5.73 Å². The number of carbonyl (C=O) groups excluding carboxylic acids is 2. The number of nitrogens with zero attached hydrogens (tertiary/aromatic N) is 2. The molecule has 3 aromatic rings. The molecule has 212 valence electrons. The van der Waals surface area contributed by atoms with Gasteiger partial charge >= 0.3 is 6.03 Å². The molecule has 3 unspecified atom stereocenters. The second-order valence-electron chi connectivity index (χ2n) is 11.6. The van der Waals surface area contributed by atoms with Crippen LogP contribution >= 0.6 is 10.0 Å². The summed E-state index contributed by atoms with van der Waals surface area (Å²) in [6, 6.07) is 9.05. The SMILES string of the molecule is CC(C)c1cc(C(=N)N(C(N)=O)c2ccc3c(ccn3CCNC(=O)CCCC[C@H]3C4C5CS543)c2)c(O)cc1O. The molecule has 9 nitrogen and oxygen atoms in total. The van der Waals surface area contributed by atoms with Crippen LogP contribution in [-0.4, -0.2) is 60.6 Å². The summed E-state index contributed by atoms with van der Waals surface area (Å²) in [4.78, 5) is 25.8. The molecule has 1 spiro atoms. The van der Waals surface area contributed by atoms with E-state index in [1.54, 1.807) is 17.9 Å². The van der Waals surface area contributed by atoms with Gasteiger partial charge in [0.2, 0.25) is 5.91 Å². The molecule has 0 radical (unpaired) electrons. The summed E-state index contributed by atoms with van der Waals surface area (Å²) in [5, 5.41) is 36.6. The number of aromatic hydroxyl groups is 2. The first-order valence-electron chi connectivity index (χ1n) is 14.0. The molecule has 3 fully saturated rings. The monoisotopic (exact) mass is 563 g/mol. The number of hydrogen-bond donors (Lipinski definition) is 5. The minimum Gasteiger partial charge on any atom is -0.508 e. The average Bonchev–Trinajstić information content (AvgIpc) is 3.81. The summed E-state index contributed by atoms with van der Waals surface area (Å²) in [7, 11) is 0.0234. The summed E-state index contributed by atoms with van der Waals surface area (Å²) in [6.07, 6.45) is 5.99. The molecule has 40 heavy (non-hydrogen) atoms. The Kier molecular flexibility index (Phi) is 6.48. The highest BCUT2D eigenvalue weighted by atomic mass is 32.3. The Labute approximate surface area is 235 Å². The third-order valence-electron chi connectivity index (χ3n) is 8.85. The molecule has 4 atom stereocenters. The first kappa shape index (κ1) is 26.6. The standard InChI is InChI=1S/C30H37N5O4S/c1-17(2)20-14-21(24(37)15-23(20)36)29(31)35(30(32)39)19-7-8-22-18(13-19)9-11-34(22)12-10-33-27(38)6-4-3-5-25-28-26-16-40(25,26)28/h7-9,11,13-15,17,25-26,28,31,36-37H,3-6,10,12,16H2,1-2H3,(H2,32,39)(H,33,38)/t25-,26?,28?/m0/s1. The van der Waals surface area contributed by atoms with E-state index < -0.39 is 6.03 Å². The maximum atomic E-state index is 12.5. The largest absolute Gasteiger partial charge is 0.508 e. The summed E-state index contributed by atoms with van der Waals surface area (Å²) in [6.45, 7) is 4.91. The number of amidine groups is 1. The maximum absolute atomic E-state index is 12.5. The minimum absolute atomic E-state index is 0.0234. The molecule has 3 amide bonds. The van der Waals surface area contributed by atoms with E-state index >= 15 is 0 Å². The van der Waals surface area contributed by atoms with Crippen LogP contribution in [0.2, 0.25) is 0 Å². The van der Waals surface area contributed by atoms with Crippen LogP contribution in [0.5, 0.6) is 11.5 Å². The predicted molar refractivity (Wildman–Crippen MR) is 160 cm³/mol. The van der Waals surface area contributed by atoms with E-state index in [1.165, 1.54) is 30.2 Å². The van der Waals surface area contributed by atoms with Crippen molar-refractivity contribution in [3.63, 3.8) is 0 Å². The van der Waals surface area contributed by atoms with Crippen LogP contribution in [0.3, 0.4) is 0 Å². The Hall–Kier alpha value is -3.66. The van der Waals surface area contributed by atoms with Gasteiger partial charge in [-0.1, -0.05) is 20.3 Å². The smallest absolute Gasteiger partial charge is 0.325 e. The van der Waals surface area contributed by atoms with E-state index in [0.717, 1.165) is 32.7 Å². The van der Waals surface area contributed by atoms with Gasteiger partial charge in [-0.15, -0.1) is 0 Å². The van der Waals surface area contributed by atoms with Crippen molar-refractivity contribution in [2.45, 2.75) is 67.7 Å².